The molecule has 0 aliphatic carbocycles. The van der Waals surface area contributed by atoms with Crippen molar-refractivity contribution in [3.63, 3.8) is 0 Å². The van der Waals surface area contributed by atoms with Crippen LogP contribution in [0.25, 0.3) is 0 Å². The third-order valence-electron chi connectivity index (χ3n) is 4.44. The van der Waals surface area contributed by atoms with Crippen molar-refractivity contribution in [2.24, 2.45) is 0 Å². The van der Waals surface area contributed by atoms with Crippen LogP contribution in [0, 0.1) is 0 Å². The third-order valence-corrected chi connectivity index (χ3v) is 4.44. The molecular weight excluding hydrogens is 264 g/mol. The van der Waals surface area contributed by atoms with Crippen molar-refractivity contribution in [2.45, 2.75) is 57.8 Å². The fourth-order valence-corrected chi connectivity index (χ4v) is 3.36. The monoisotopic (exact) mass is 288 g/mol. The Balaban J connectivity index is 1.84. The molecular formula is C17H24N2O2. The van der Waals surface area contributed by atoms with E-state index in [9.17, 15) is 4.79 Å². The zero-order valence-corrected chi connectivity index (χ0v) is 12.8. The lowest BCUT2D eigenvalue weighted by Crippen LogP contribution is -2.32. The first-order chi connectivity index (χ1) is 10.2. The first-order valence-corrected chi connectivity index (χ1v) is 7.99. The van der Waals surface area contributed by atoms with Gasteiger partial charge in [-0.1, -0.05) is 19.1 Å². The van der Waals surface area contributed by atoms with Crippen LogP contribution < -0.4 is 10.6 Å². The molecule has 1 aromatic carbocycles. The number of hydrogen-bond donors (Lipinski definition) is 2. The van der Waals surface area contributed by atoms with Crippen LogP contribution in [0.2, 0.25) is 0 Å². The Bertz CT molecular complexity index is 530. The Morgan fingerprint density at radius 3 is 2.95 bits per heavy atom. The quantitative estimate of drug-likeness (QED) is 0.895. The molecule has 2 aliphatic heterocycles. The fourth-order valence-electron chi connectivity index (χ4n) is 3.36. The minimum absolute atomic E-state index is 0.117. The Morgan fingerprint density at radius 1 is 1.38 bits per heavy atom. The number of anilines is 1. The van der Waals surface area contributed by atoms with Crippen molar-refractivity contribution in [3.8, 4) is 0 Å². The maximum atomic E-state index is 11.4. The van der Waals surface area contributed by atoms with Gasteiger partial charge in [-0.05, 0) is 49.9 Å². The fraction of sp³-hybridized carbons (Fsp3) is 0.588. The number of carbonyl (C=O) groups is 1. The molecule has 0 bridgehead atoms. The molecule has 114 valence electrons. The molecule has 3 unspecified atom stereocenters. The van der Waals surface area contributed by atoms with E-state index in [1.165, 1.54) is 11.1 Å². The highest BCUT2D eigenvalue weighted by Crippen LogP contribution is 2.33. The number of ether oxygens (including phenoxy) is 1. The van der Waals surface area contributed by atoms with Crippen molar-refractivity contribution < 1.29 is 9.53 Å². The molecule has 0 aromatic heterocycles. The number of likely N-dealkylation sites (N-methyl/N-ethyl adjacent to an activating group) is 1. The Morgan fingerprint density at radius 2 is 2.24 bits per heavy atom. The van der Waals surface area contributed by atoms with Crippen LogP contribution in [0.5, 0.6) is 0 Å². The molecule has 3 rings (SSSR count). The normalized spacial score (nSPS) is 26.3. The molecule has 0 spiro atoms. The van der Waals surface area contributed by atoms with Gasteiger partial charge in [0, 0.05) is 12.1 Å². The highest BCUT2D eigenvalue weighted by atomic mass is 16.5. The molecule has 1 amide bonds. The molecule has 2 N–H and O–H groups in total. The maximum absolute atomic E-state index is 11.4. The van der Waals surface area contributed by atoms with E-state index < -0.39 is 0 Å². The second-order valence-corrected chi connectivity index (χ2v) is 6.06. The van der Waals surface area contributed by atoms with Crippen LogP contribution in [0.1, 0.15) is 50.3 Å². The van der Waals surface area contributed by atoms with Crippen molar-refractivity contribution >= 4 is 11.6 Å². The van der Waals surface area contributed by atoms with Gasteiger partial charge in [0.2, 0.25) is 5.91 Å². The first-order valence-electron chi connectivity index (χ1n) is 7.99. The van der Waals surface area contributed by atoms with Gasteiger partial charge in [0.1, 0.15) is 0 Å². The molecule has 1 saturated heterocycles. The lowest BCUT2D eigenvalue weighted by Gasteiger charge is -2.26. The highest BCUT2D eigenvalue weighted by Gasteiger charge is 2.30. The molecule has 2 aliphatic rings. The van der Waals surface area contributed by atoms with Gasteiger partial charge in [-0.25, -0.2) is 0 Å². The number of fused-ring (bicyclic) bond motifs is 1. The zero-order valence-electron chi connectivity index (χ0n) is 12.8. The summed E-state index contributed by atoms with van der Waals surface area (Å²) in [6.07, 6.45) is 4.25. The van der Waals surface area contributed by atoms with E-state index in [1.807, 2.05) is 6.07 Å². The molecule has 4 nitrogen and oxygen atoms in total. The van der Waals surface area contributed by atoms with Gasteiger partial charge in [0.25, 0.3) is 0 Å². The van der Waals surface area contributed by atoms with E-state index in [4.69, 9.17) is 4.74 Å². The smallest absolute Gasteiger partial charge is 0.224 e. The van der Waals surface area contributed by atoms with Gasteiger partial charge < -0.3 is 15.4 Å². The minimum atomic E-state index is 0.117. The summed E-state index contributed by atoms with van der Waals surface area (Å²) in [5.41, 5.74) is 3.47. The Kier molecular flexibility index (Phi) is 4.27. The summed E-state index contributed by atoms with van der Waals surface area (Å²) >= 11 is 0. The van der Waals surface area contributed by atoms with E-state index in [0.29, 0.717) is 12.5 Å². The van der Waals surface area contributed by atoms with Gasteiger partial charge in [0.05, 0.1) is 18.2 Å². The summed E-state index contributed by atoms with van der Waals surface area (Å²) in [5, 5.41) is 6.51. The predicted molar refractivity (Wildman–Crippen MR) is 83.4 cm³/mol. The van der Waals surface area contributed by atoms with Crippen LogP contribution in [-0.2, 0) is 16.0 Å². The van der Waals surface area contributed by atoms with E-state index in [2.05, 4.69) is 36.6 Å². The van der Waals surface area contributed by atoms with Gasteiger partial charge in [0.15, 0.2) is 0 Å². The van der Waals surface area contributed by atoms with E-state index in [-0.39, 0.29) is 18.1 Å². The van der Waals surface area contributed by atoms with Crippen molar-refractivity contribution in [1.29, 1.82) is 0 Å². The van der Waals surface area contributed by atoms with Gasteiger partial charge in [-0.3, -0.25) is 4.79 Å². The average molecular weight is 288 g/mol. The Labute approximate surface area is 126 Å². The lowest BCUT2D eigenvalue weighted by molar-refractivity contribution is -0.116. The van der Waals surface area contributed by atoms with Crippen molar-refractivity contribution in [3.05, 3.63) is 29.3 Å². The lowest BCUT2D eigenvalue weighted by atomic mass is 9.94. The number of carbonyl (C=O) groups excluding carboxylic acids is 1. The number of nitrogens with one attached hydrogen (secondary N) is 2. The first kappa shape index (κ1) is 14.5. The molecule has 3 atom stereocenters. The summed E-state index contributed by atoms with van der Waals surface area (Å²) in [6, 6.07) is 6.62. The largest absolute Gasteiger partial charge is 0.373 e. The van der Waals surface area contributed by atoms with Crippen LogP contribution >= 0.6 is 0 Å². The van der Waals surface area contributed by atoms with Crippen LogP contribution in [0.4, 0.5) is 5.69 Å². The number of rotatable bonds is 4. The van der Waals surface area contributed by atoms with Crippen LogP contribution in [0.15, 0.2) is 18.2 Å². The molecule has 1 aromatic rings. The van der Waals surface area contributed by atoms with Gasteiger partial charge >= 0.3 is 0 Å². The Hall–Kier alpha value is -1.39. The predicted octanol–water partition coefficient (Wildman–Crippen LogP) is 2.79. The standard InChI is InChI=1S/C17H24N2O2/c1-3-18-17(15-8-4-11(2)21-15)13-5-7-14-12(10-13)6-9-16(20)19-14/h5,7,10-11,15,17-18H,3-4,6,8-9H2,1-2H3,(H,19,20). The SMILES string of the molecule is CCNC(c1ccc2c(c1)CCC(=O)N2)C1CCC(C)O1. The highest BCUT2D eigenvalue weighted by molar-refractivity contribution is 5.93. The molecule has 0 saturated carbocycles. The summed E-state index contributed by atoms with van der Waals surface area (Å²) in [7, 11) is 0. The molecule has 21 heavy (non-hydrogen) atoms. The van der Waals surface area contributed by atoms with Crippen molar-refractivity contribution in [2.75, 3.05) is 11.9 Å². The number of aryl methyl sites for hydroxylation is 1. The zero-order chi connectivity index (χ0) is 14.8. The number of hydrogen-bond acceptors (Lipinski definition) is 3. The van der Waals surface area contributed by atoms with Crippen molar-refractivity contribution in [1.82, 2.24) is 5.32 Å². The van der Waals surface area contributed by atoms with Crippen LogP contribution in [0.3, 0.4) is 0 Å². The second-order valence-electron chi connectivity index (χ2n) is 6.06. The van der Waals surface area contributed by atoms with E-state index in [0.717, 1.165) is 31.5 Å². The minimum Gasteiger partial charge on any atom is -0.373 e. The molecule has 4 heteroatoms. The molecule has 1 fully saturated rings. The summed E-state index contributed by atoms with van der Waals surface area (Å²) in [6.45, 7) is 5.20. The summed E-state index contributed by atoms with van der Waals surface area (Å²) in [4.78, 5) is 11.4. The average Bonchev–Trinajstić information content (AvgIpc) is 2.90. The maximum Gasteiger partial charge on any atom is 0.224 e. The van der Waals surface area contributed by atoms with Gasteiger partial charge in [-0.15, -0.1) is 0 Å². The summed E-state index contributed by atoms with van der Waals surface area (Å²) < 4.78 is 6.06. The third kappa shape index (κ3) is 3.11. The van der Waals surface area contributed by atoms with Crippen LogP contribution in [-0.4, -0.2) is 24.7 Å². The molecule has 0 radical (unpaired) electrons. The number of amides is 1. The topological polar surface area (TPSA) is 50.4 Å². The van der Waals surface area contributed by atoms with E-state index in [1.54, 1.807) is 0 Å². The second kappa shape index (κ2) is 6.16. The molecule has 2 heterocycles. The van der Waals surface area contributed by atoms with E-state index >= 15 is 0 Å². The number of benzene rings is 1. The van der Waals surface area contributed by atoms with Gasteiger partial charge in [-0.2, -0.15) is 0 Å². The summed E-state index contributed by atoms with van der Waals surface area (Å²) in [5.74, 6) is 0.117.